The molecule has 0 aromatic heterocycles. The molecule has 0 amide bonds. The lowest BCUT2D eigenvalue weighted by molar-refractivity contribution is -0.0637. The van der Waals surface area contributed by atoms with Gasteiger partial charge < -0.3 is 9.80 Å². The van der Waals surface area contributed by atoms with Crippen molar-refractivity contribution in [2.24, 2.45) is 11.3 Å². The molecule has 3 fully saturated rings. The quantitative estimate of drug-likeness (QED) is 0.604. The van der Waals surface area contributed by atoms with Gasteiger partial charge in [-0.2, -0.15) is 0 Å². The average Bonchev–Trinajstić information content (AvgIpc) is 1.80. The molecule has 3 aliphatic rings. The van der Waals surface area contributed by atoms with Crippen LogP contribution in [0.4, 0.5) is 0 Å². The van der Waals surface area contributed by atoms with Gasteiger partial charge in [-0.25, -0.2) is 0 Å². The van der Waals surface area contributed by atoms with E-state index in [0.29, 0.717) is 5.41 Å². The Hall–Kier alpha value is -0.0800. The van der Waals surface area contributed by atoms with Crippen LogP contribution in [-0.4, -0.2) is 50.6 Å². The first-order valence-corrected chi connectivity index (χ1v) is 4.93. The van der Waals surface area contributed by atoms with Crippen LogP contribution in [-0.2, 0) is 0 Å². The molecule has 70 valence electrons. The van der Waals surface area contributed by atoms with Crippen LogP contribution in [0.3, 0.4) is 0 Å². The van der Waals surface area contributed by atoms with Crippen molar-refractivity contribution in [3.8, 4) is 0 Å². The summed E-state index contributed by atoms with van der Waals surface area (Å²) in [6, 6.07) is 0. The summed E-state index contributed by atoms with van der Waals surface area (Å²) in [7, 11) is 6.64. The van der Waals surface area contributed by atoms with Crippen LogP contribution in [0.15, 0.2) is 0 Å². The van der Waals surface area contributed by atoms with E-state index in [4.69, 9.17) is 0 Å². The van der Waals surface area contributed by atoms with Crippen molar-refractivity contribution in [2.45, 2.75) is 12.8 Å². The Balaban J connectivity index is 1.95. The summed E-state index contributed by atoms with van der Waals surface area (Å²) in [4.78, 5) is 4.84. The number of hydrogen-bond donors (Lipinski definition) is 0. The van der Waals surface area contributed by atoms with Gasteiger partial charge in [0.2, 0.25) is 0 Å². The molecular weight excluding hydrogens is 148 g/mol. The zero-order chi connectivity index (χ0) is 8.77. The maximum Gasteiger partial charge on any atom is 0.00475 e. The predicted molar refractivity (Wildman–Crippen MR) is 51.2 cm³/mol. The number of hydrogen-bond acceptors (Lipinski definition) is 2. The molecule has 0 spiro atoms. The van der Waals surface area contributed by atoms with Crippen molar-refractivity contribution >= 4 is 0 Å². The molecule has 2 saturated heterocycles. The molecule has 2 bridgehead atoms. The van der Waals surface area contributed by atoms with Gasteiger partial charge in [-0.1, -0.05) is 0 Å². The molecule has 1 aliphatic carbocycles. The Labute approximate surface area is 75.5 Å². The summed E-state index contributed by atoms with van der Waals surface area (Å²) < 4.78 is 0. The Morgan fingerprint density at radius 1 is 1.42 bits per heavy atom. The lowest BCUT2D eigenvalue weighted by Crippen LogP contribution is -2.58. The molecule has 12 heavy (non-hydrogen) atoms. The number of fused-ring (bicyclic) bond motifs is 2. The maximum atomic E-state index is 2.50. The van der Waals surface area contributed by atoms with Gasteiger partial charge in [-0.15, -0.1) is 0 Å². The van der Waals surface area contributed by atoms with Gasteiger partial charge >= 0.3 is 0 Å². The Morgan fingerprint density at radius 2 is 2.08 bits per heavy atom. The maximum absolute atomic E-state index is 2.50. The van der Waals surface area contributed by atoms with E-state index in [-0.39, 0.29) is 0 Å². The normalized spacial score (nSPS) is 41.5. The molecule has 0 unspecified atom stereocenters. The third-order valence-electron chi connectivity index (χ3n) is 3.27. The standard InChI is InChI=1S/C10H20N2/c1-11(2)7-10-4-9(5-10)6-12(3)8-10/h9H,4-8H2,1-3H3. The highest BCUT2D eigenvalue weighted by atomic mass is 15.2. The lowest BCUT2D eigenvalue weighted by Gasteiger charge is -2.56. The van der Waals surface area contributed by atoms with Crippen LogP contribution in [0.25, 0.3) is 0 Å². The number of rotatable bonds is 2. The van der Waals surface area contributed by atoms with Crippen molar-refractivity contribution in [2.75, 3.05) is 40.8 Å². The molecule has 0 aromatic carbocycles. The van der Waals surface area contributed by atoms with E-state index in [1.54, 1.807) is 0 Å². The summed E-state index contributed by atoms with van der Waals surface area (Å²) in [5.74, 6) is 1.02. The number of piperidine rings is 2. The zero-order valence-corrected chi connectivity index (χ0v) is 8.51. The van der Waals surface area contributed by atoms with Crippen LogP contribution in [0.5, 0.6) is 0 Å². The summed E-state index contributed by atoms with van der Waals surface area (Å²) in [5.41, 5.74) is 0.668. The lowest BCUT2D eigenvalue weighted by atomic mass is 9.58. The van der Waals surface area contributed by atoms with Crippen LogP contribution in [0.2, 0.25) is 0 Å². The summed E-state index contributed by atoms with van der Waals surface area (Å²) >= 11 is 0. The third kappa shape index (κ3) is 1.38. The molecule has 2 heterocycles. The van der Waals surface area contributed by atoms with E-state index >= 15 is 0 Å². The largest absolute Gasteiger partial charge is 0.309 e. The van der Waals surface area contributed by atoms with Gasteiger partial charge in [0, 0.05) is 19.6 Å². The van der Waals surface area contributed by atoms with E-state index in [1.165, 1.54) is 32.5 Å². The molecule has 0 N–H and O–H groups in total. The highest BCUT2D eigenvalue weighted by Crippen LogP contribution is 2.50. The van der Waals surface area contributed by atoms with E-state index in [2.05, 4.69) is 30.9 Å². The topological polar surface area (TPSA) is 6.48 Å². The van der Waals surface area contributed by atoms with Crippen LogP contribution in [0, 0.1) is 11.3 Å². The average molecular weight is 168 g/mol. The van der Waals surface area contributed by atoms with Crippen LogP contribution in [0.1, 0.15) is 12.8 Å². The Bertz CT molecular complexity index is 167. The fraction of sp³-hybridized carbons (Fsp3) is 1.00. The first-order valence-electron chi connectivity index (χ1n) is 4.93. The summed E-state index contributed by atoms with van der Waals surface area (Å²) in [5, 5.41) is 0. The molecule has 2 heteroatoms. The SMILES string of the molecule is CN(C)CC12CC(CN(C)C1)C2. The molecule has 0 aromatic rings. The monoisotopic (exact) mass is 168 g/mol. The summed E-state index contributed by atoms with van der Waals surface area (Å²) in [6.45, 7) is 3.95. The molecule has 2 aliphatic heterocycles. The van der Waals surface area contributed by atoms with Crippen molar-refractivity contribution in [1.82, 2.24) is 9.80 Å². The second-order valence-corrected chi connectivity index (χ2v) is 5.21. The second kappa shape index (κ2) is 2.71. The van der Waals surface area contributed by atoms with Crippen molar-refractivity contribution in [3.63, 3.8) is 0 Å². The van der Waals surface area contributed by atoms with Crippen LogP contribution >= 0.6 is 0 Å². The molecule has 1 saturated carbocycles. The van der Waals surface area contributed by atoms with Gasteiger partial charge in [0.15, 0.2) is 0 Å². The fourth-order valence-electron chi connectivity index (χ4n) is 3.35. The van der Waals surface area contributed by atoms with E-state index < -0.39 is 0 Å². The predicted octanol–water partition coefficient (Wildman–Crippen LogP) is 0.890. The van der Waals surface area contributed by atoms with Gasteiger partial charge in [0.1, 0.15) is 0 Å². The highest BCUT2D eigenvalue weighted by Gasteiger charge is 2.48. The number of nitrogens with zero attached hydrogens (tertiary/aromatic N) is 2. The first-order chi connectivity index (χ1) is 5.60. The van der Waals surface area contributed by atoms with Gasteiger partial charge in [0.25, 0.3) is 0 Å². The van der Waals surface area contributed by atoms with Crippen LogP contribution < -0.4 is 0 Å². The Morgan fingerprint density at radius 3 is 2.58 bits per heavy atom. The smallest absolute Gasteiger partial charge is 0.00475 e. The summed E-state index contributed by atoms with van der Waals surface area (Å²) in [6.07, 6.45) is 2.96. The van der Waals surface area contributed by atoms with Crippen molar-refractivity contribution < 1.29 is 0 Å². The van der Waals surface area contributed by atoms with Gasteiger partial charge in [0.05, 0.1) is 0 Å². The van der Waals surface area contributed by atoms with E-state index in [1.807, 2.05) is 0 Å². The molecule has 0 atom stereocenters. The van der Waals surface area contributed by atoms with Gasteiger partial charge in [-0.3, -0.25) is 0 Å². The fourth-order valence-corrected chi connectivity index (χ4v) is 3.35. The van der Waals surface area contributed by atoms with Crippen molar-refractivity contribution in [3.05, 3.63) is 0 Å². The molecule has 0 radical (unpaired) electrons. The highest BCUT2D eigenvalue weighted by molar-refractivity contribution is 5.01. The van der Waals surface area contributed by atoms with E-state index in [0.717, 1.165) is 5.92 Å². The second-order valence-electron chi connectivity index (χ2n) is 5.21. The first kappa shape index (κ1) is 8.52. The zero-order valence-electron chi connectivity index (χ0n) is 8.51. The minimum atomic E-state index is 0.668. The molecular formula is C10H20N2. The molecule has 3 rings (SSSR count). The minimum Gasteiger partial charge on any atom is -0.309 e. The van der Waals surface area contributed by atoms with Crippen molar-refractivity contribution in [1.29, 1.82) is 0 Å². The molecule has 2 nitrogen and oxygen atoms in total. The van der Waals surface area contributed by atoms with Gasteiger partial charge in [-0.05, 0) is 45.3 Å². The Kier molecular flexibility index (Phi) is 1.92. The minimum absolute atomic E-state index is 0.668. The van der Waals surface area contributed by atoms with E-state index in [9.17, 15) is 0 Å². The third-order valence-corrected chi connectivity index (χ3v) is 3.27.